The highest BCUT2D eigenvalue weighted by Crippen LogP contribution is 2.30. The van der Waals surface area contributed by atoms with Crippen molar-refractivity contribution in [2.45, 2.75) is 25.7 Å². The monoisotopic (exact) mass is 267 g/mol. The lowest BCUT2D eigenvalue weighted by atomic mass is 9.91. The normalized spacial score (nSPS) is 13.8. The van der Waals surface area contributed by atoms with Crippen LogP contribution >= 0.6 is 0 Å². The van der Waals surface area contributed by atoms with Crippen molar-refractivity contribution < 1.29 is 5.11 Å². The van der Waals surface area contributed by atoms with Gasteiger partial charge in [-0.1, -0.05) is 24.3 Å². The molecule has 1 aliphatic rings. The number of aliphatic hydroxyl groups is 1. The second-order valence-corrected chi connectivity index (χ2v) is 5.37. The number of para-hydroxylation sites is 1. The molecular weight excluding hydrogens is 246 g/mol. The van der Waals surface area contributed by atoms with Crippen LogP contribution in [0.2, 0.25) is 0 Å². The lowest BCUT2D eigenvalue weighted by Crippen LogP contribution is -2.21. The van der Waals surface area contributed by atoms with E-state index in [1.54, 1.807) is 0 Å². The van der Waals surface area contributed by atoms with Crippen LogP contribution < -0.4 is 4.90 Å². The van der Waals surface area contributed by atoms with Gasteiger partial charge in [0.25, 0.3) is 0 Å². The predicted octanol–water partition coefficient (Wildman–Crippen LogP) is 3.70. The number of nitrogens with zero attached hydrogens (tertiary/aromatic N) is 1. The van der Waals surface area contributed by atoms with Crippen LogP contribution in [-0.4, -0.2) is 18.3 Å². The molecule has 1 N–H and O–H groups in total. The third-order valence-corrected chi connectivity index (χ3v) is 4.04. The zero-order valence-corrected chi connectivity index (χ0v) is 11.8. The molecule has 3 rings (SSSR count). The van der Waals surface area contributed by atoms with Gasteiger partial charge in [-0.3, -0.25) is 0 Å². The van der Waals surface area contributed by atoms with Crippen LogP contribution in [0.3, 0.4) is 0 Å². The third-order valence-electron chi connectivity index (χ3n) is 4.04. The maximum atomic E-state index is 9.36. The van der Waals surface area contributed by atoms with Crippen molar-refractivity contribution in [3.8, 4) is 0 Å². The second-order valence-electron chi connectivity index (χ2n) is 5.37. The Kier molecular flexibility index (Phi) is 4.03. The molecule has 0 aliphatic heterocycles. The van der Waals surface area contributed by atoms with Crippen LogP contribution in [0.4, 0.5) is 11.4 Å². The fourth-order valence-corrected chi connectivity index (χ4v) is 3.00. The fourth-order valence-electron chi connectivity index (χ4n) is 3.00. The molecule has 0 saturated carbocycles. The van der Waals surface area contributed by atoms with Gasteiger partial charge >= 0.3 is 0 Å². The van der Waals surface area contributed by atoms with Crippen molar-refractivity contribution in [2.24, 2.45) is 0 Å². The molecule has 0 spiro atoms. The maximum absolute atomic E-state index is 9.36. The Hall–Kier alpha value is -1.80. The highest BCUT2D eigenvalue weighted by atomic mass is 16.3. The molecular formula is C18H21NO. The summed E-state index contributed by atoms with van der Waals surface area (Å²) in [4.78, 5) is 2.19. The van der Waals surface area contributed by atoms with E-state index in [2.05, 4.69) is 35.2 Å². The molecule has 2 nitrogen and oxygen atoms in total. The topological polar surface area (TPSA) is 23.5 Å². The number of rotatable bonds is 4. The van der Waals surface area contributed by atoms with Crippen molar-refractivity contribution in [3.63, 3.8) is 0 Å². The Labute approximate surface area is 120 Å². The van der Waals surface area contributed by atoms with Gasteiger partial charge in [-0.15, -0.1) is 0 Å². The Morgan fingerprint density at radius 3 is 2.35 bits per heavy atom. The maximum Gasteiger partial charge on any atom is 0.0610 e. The molecule has 0 amide bonds. The quantitative estimate of drug-likeness (QED) is 0.913. The van der Waals surface area contributed by atoms with E-state index in [9.17, 15) is 5.11 Å². The molecule has 2 aromatic carbocycles. The average Bonchev–Trinajstić information content (AvgIpc) is 2.53. The van der Waals surface area contributed by atoms with Gasteiger partial charge in [-0.05, 0) is 61.1 Å². The Balaban J connectivity index is 1.95. The van der Waals surface area contributed by atoms with Crippen molar-refractivity contribution in [3.05, 3.63) is 59.7 Å². The number of hydrogen-bond acceptors (Lipinski definition) is 2. The molecule has 0 bridgehead atoms. The molecule has 2 heteroatoms. The first-order valence-electron chi connectivity index (χ1n) is 7.44. The van der Waals surface area contributed by atoms with E-state index in [1.165, 1.54) is 42.5 Å². The summed E-state index contributed by atoms with van der Waals surface area (Å²) in [5.74, 6) is 0. The summed E-state index contributed by atoms with van der Waals surface area (Å²) in [6.07, 6.45) is 5.00. The summed E-state index contributed by atoms with van der Waals surface area (Å²) < 4.78 is 0. The molecule has 0 saturated heterocycles. The summed E-state index contributed by atoms with van der Waals surface area (Å²) >= 11 is 0. The average molecular weight is 267 g/mol. The second kappa shape index (κ2) is 6.10. The lowest BCUT2D eigenvalue weighted by molar-refractivity contribution is 0.305. The van der Waals surface area contributed by atoms with Gasteiger partial charge in [0, 0.05) is 17.9 Å². The van der Waals surface area contributed by atoms with Crippen LogP contribution in [0.1, 0.15) is 24.0 Å². The highest BCUT2D eigenvalue weighted by molar-refractivity contribution is 5.64. The molecule has 20 heavy (non-hydrogen) atoms. The van der Waals surface area contributed by atoms with Gasteiger partial charge in [-0.2, -0.15) is 0 Å². The summed E-state index contributed by atoms with van der Waals surface area (Å²) in [6, 6.07) is 17.0. The minimum absolute atomic E-state index is 0.159. The summed E-state index contributed by atoms with van der Waals surface area (Å²) in [6.45, 7) is 0.786. The SMILES string of the molecule is OCCN(c1ccccc1)c1ccc2c(c1)CCCC2. The zero-order valence-electron chi connectivity index (χ0n) is 11.8. The highest BCUT2D eigenvalue weighted by Gasteiger charge is 2.13. The lowest BCUT2D eigenvalue weighted by Gasteiger charge is -2.26. The number of hydrogen-bond donors (Lipinski definition) is 1. The first-order valence-corrected chi connectivity index (χ1v) is 7.44. The number of anilines is 2. The molecule has 0 unspecified atom stereocenters. The van der Waals surface area contributed by atoms with E-state index >= 15 is 0 Å². The van der Waals surface area contributed by atoms with Gasteiger partial charge in [-0.25, -0.2) is 0 Å². The molecule has 0 fully saturated rings. The molecule has 104 valence electrons. The van der Waals surface area contributed by atoms with Gasteiger partial charge in [0.05, 0.1) is 6.61 Å². The van der Waals surface area contributed by atoms with Crippen LogP contribution in [0, 0.1) is 0 Å². The van der Waals surface area contributed by atoms with Crippen LogP contribution in [0.5, 0.6) is 0 Å². The van der Waals surface area contributed by atoms with Crippen molar-refractivity contribution in [1.29, 1.82) is 0 Å². The fraction of sp³-hybridized carbons (Fsp3) is 0.333. The van der Waals surface area contributed by atoms with E-state index in [4.69, 9.17) is 0 Å². The summed E-state index contributed by atoms with van der Waals surface area (Å²) in [5, 5.41) is 9.36. The predicted molar refractivity (Wildman–Crippen MR) is 83.6 cm³/mol. The number of aryl methyl sites for hydroxylation is 2. The Bertz CT molecular complexity index is 565. The van der Waals surface area contributed by atoms with E-state index in [0.29, 0.717) is 6.54 Å². The minimum atomic E-state index is 0.159. The molecule has 0 heterocycles. The summed E-state index contributed by atoms with van der Waals surface area (Å²) in [7, 11) is 0. The van der Waals surface area contributed by atoms with Crippen LogP contribution in [-0.2, 0) is 12.8 Å². The van der Waals surface area contributed by atoms with E-state index in [1.807, 2.05) is 18.2 Å². The van der Waals surface area contributed by atoms with E-state index in [-0.39, 0.29) is 6.61 Å². The van der Waals surface area contributed by atoms with E-state index < -0.39 is 0 Å². The molecule has 2 aromatic rings. The smallest absolute Gasteiger partial charge is 0.0610 e. The number of benzene rings is 2. The van der Waals surface area contributed by atoms with Crippen LogP contribution in [0.15, 0.2) is 48.5 Å². The van der Waals surface area contributed by atoms with Gasteiger partial charge in [0.15, 0.2) is 0 Å². The number of fused-ring (bicyclic) bond motifs is 1. The molecule has 0 radical (unpaired) electrons. The first-order chi connectivity index (χ1) is 9.88. The molecule has 0 aromatic heterocycles. The Morgan fingerprint density at radius 1 is 0.850 bits per heavy atom. The standard InChI is InChI=1S/C18H21NO/c20-13-12-19(17-8-2-1-3-9-17)18-11-10-15-6-4-5-7-16(15)14-18/h1-3,8-11,14,20H,4-7,12-13H2. The van der Waals surface area contributed by atoms with Gasteiger partial charge < -0.3 is 10.0 Å². The zero-order chi connectivity index (χ0) is 13.8. The molecule has 1 aliphatic carbocycles. The van der Waals surface area contributed by atoms with E-state index in [0.717, 1.165) is 5.69 Å². The third kappa shape index (κ3) is 2.70. The molecule has 0 atom stereocenters. The first kappa shape index (κ1) is 13.2. The van der Waals surface area contributed by atoms with Crippen molar-refractivity contribution in [1.82, 2.24) is 0 Å². The minimum Gasteiger partial charge on any atom is -0.395 e. The van der Waals surface area contributed by atoms with Crippen molar-refractivity contribution in [2.75, 3.05) is 18.1 Å². The van der Waals surface area contributed by atoms with Gasteiger partial charge in [0.1, 0.15) is 0 Å². The van der Waals surface area contributed by atoms with Gasteiger partial charge in [0.2, 0.25) is 0 Å². The number of aliphatic hydroxyl groups excluding tert-OH is 1. The van der Waals surface area contributed by atoms with Crippen LogP contribution in [0.25, 0.3) is 0 Å². The largest absolute Gasteiger partial charge is 0.395 e. The van der Waals surface area contributed by atoms with Crippen molar-refractivity contribution >= 4 is 11.4 Å². The Morgan fingerprint density at radius 2 is 1.60 bits per heavy atom. The summed E-state index contributed by atoms with van der Waals surface area (Å²) in [5.41, 5.74) is 5.30.